The summed E-state index contributed by atoms with van der Waals surface area (Å²) in [5, 5.41) is 6.15. The minimum absolute atomic E-state index is 0.0450. The highest BCUT2D eigenvalue weighted by Gasteiger charge is 2.24. The van der Waals surface area contributed by atoms with Gasteiger partial charge in [-0.15, -0.1) is 11.3 Å². The molecular formula is C16H26N2O3S. The second-order valence-electron chi connectivity index (χ2n) is 6.73. The number of carbonyl (C=O) groups excluding carboxylic acids is 2. The summed E-state index contributed by atoms with van der Waals surface area (Å²) >= 11 is 1.40. The van der Waals surface area contributed by atoms with Crippen LogP contribution in [0.3, 0.4) is 0 Å². The molecule has 0 aliphatic carbocycles. The summed E-state index contributed by atoms with van der Waals surface area (Å²) in [5.41, 5.74) is 0.291. The highest BCUT2D eigenvalue weighted by atomic mass is 32.1. The summed E-state index contributed by atoms with van der Waals surface area (Å²) in [7, 11) is 1.33. The molecule has 2 N–H and O–H groups in total. The molecule has 0 bridgehead atoms. The third-order valence-corrected chi connectivity index (χ3v) is 4.94. The molecule has 124 valence electrons. The number of thiophene rings is 1. The fraction of sp³-hybridized carbons (Fsp3) is 0.625. The van der Waals surface area contributed by atoms with Crippen LogP contribution in [0.5, 0.6) is 0 Å². The van der Waals surface area contributed by atoms with Gasteiger partial charge in [0.05, 0.1) is 12.7 Å². The van der Waals surface area contributed by atoms with Gasteiger partial charge in [-0.05, 0) is 24.3 Å². The summed E-state index contributed by atoms with van der Waals surface area (Å²) in [6.07, 6.45) is 0. The van der Waals surface area contributed by atoms with E-state index < -0.39 is 5.97 Å². The Bertz CT molecular complexity index is 544. The van der Waals surface area contributed by atoms with Crippen LogP contribution in [0.25, 0.3) is 0 Å². The Morgan fingerprint density at radius 3 is 2.27 bits per heavy atom. The van der Waals surface area contributed by atoms with Crippen molar-refractivity contribution in [2.45, 2.75) is 53.0 Å². The maximum atomic E-state index is 12.1. The van der Waals surface area contributed by atoms with Gasteiger partial charge in [0.25, 0.3) is 0 Å². The molecule has 0 saturated heterocycles. The molecule has 2 amide bonds. The van der Waals surface area contributed by atoms with Gasteiger partial charge in [0.2, 0.25) is 0 Å². The molecule has 0 saturated carbocycles. The first kappa shape index (κ1) is 18.5. The zero-order valence-electron chi connectivity index (χ0n) is 14.4. The molecule has 0 aliphatic rings. The lowest BCUT2D eigenvalue weighted by molar-refractivity contribution is 0.0602. The van der Waals surface area contributed by atoms with Crippen molar-refractivity contribution in [2.75, 3.05) is 12.4 Å². The molecule has 0 aliphatic heterocycles. The summed E-state index contributed by atoms with van der Waals surface area (Å²) in [5.74, 6) is -0.113. The van der Waals surface area contributed by atoms with E-state index in [9.17, 15) is 9.59 Å². The molecule has 0 fully saturated rings. The quantitative estimate of drug-likeness (QED) is 0.822. The Labute approximate surface area is 136 Å². The second kappa shape index (κ2) is 7.13. The number of methoxy groups -OCH3 is 1. The van der Waals surface area contributed by atoms with E-state index in [-0.39, 0.29) is 17.5 Å². The normalized spacial score (nSPS) is 12.9. The van der Waals surface area contributed by atoms with E-state index in [0.29, 0.717) is 16.5 Å². The number of amides is 2. The minimum Gasteiger partial charge on any atom is -0.465 e. The smallest absolute Gasteiger partial charge is 0.340 e. The molecule has 1 heterocycles. The van der Waals surface area contributed by atoms with Crippen LogP contribution in [0.2, 0.25) is 0 Å². The van der Waals surface area contributed by atoms with Crippen LogP contribution in [-0.2, 0) is 10.2 Å². The topological polar surface area (TPSA) is 67.4 Å². The Morgan fingerprint density at radius 2 is 1.82 bits per heavy atom. The third-order valence-electron chi connectivity index (χ3n) is 3.46. The van der Waals surface area contributed by atoms with Crippen LogP contribution >= 0.6 is 11.3 Å². The summed E-state index contributed by atoms with van der Waals surface area (Å²) < 4.78 is 4.80. The number of carbonyl (C=O) groups is 2. The molecular weight excluding hydrogens is 300 g/mol. The number of hydrogen-bond donors (Lipinski definition) is 2. The molecule has 1 aromatic rings. The number of hydrogen-bond acceptors (Lipinski definition) is 4. The number of urea groups is 1. The van der Waals surface area contributed by atoms with Gasteiger partial charge in [0, 0.05) is 10.9 Å². The fourth-order valence-corrected chi connectivity index (χ4v) is 2.73. The summed E-state index contributed by atoms with van der Waals surface area (Å²) in [4.78, 5) is 25.0. The maximum absolute atomic E-state index is 12.1. The molecule has 1 aromatic heterocycles. The predicted molar refractivity (Wildman–Crippen MR) is 90.8 cm³/mol. The number of anilines is 1. The van der Waals surface area contributed by atoms with Crippen molar-refractivity contribution in [3.8, 4) is 0 Å². The van der Waals surface area contributed by atoms with Crippen molar-refractivity contribution >= 4 is 28.3 Å². The van der Waals surface area contributed by atoms with Crippen molar-refractivity contribution in [1.82, 2.24) is 5.32 Å². The molecule has 0 spiro atoms. The first-order valence-corrected chi connectivity index (χ1v) is 8.18. The predicted octanol–water partition coefficient (Wildman–Crippen LogP) is 4.00. The van der Waals surface area contributed by atoms with E-state index in [4.69, 9.17) is 4.74 Å². The molecule has 1 unspecified atom stereocenters. The van der Waals surface area contributed by atoms with Crippen molar-refractivity contribution in [1.29, 1.82) is 0 Å². The van der Waals surface area contributed by atoms with Gasteiger partial charge in [-0.25, -0.2) is 9.59 Å². The van der Waals surface area contributed by atoms with Crippen LogP contribution < -0.4 is 10.6 Å². The lowest BCUT2D eigenvalue weighted by atomic mass is 9.94. The Kier molecular flexibility index (Phi) is 6.00. The van der Waals surface area contributed by atoms with Gasteiger partial charge in [-0.2, -0.15) is 0 Å². The first-order chi connectivity index (χ1) is 10.1. The standard InChI is InChI=1S/C16H26N2O3S/c1-9(2)10(3)17-15(20)18-13-11(14(19)21-7)8-12(22-13)16(4,5)6/h8-10H,1-7H3,(H2,17,18,20). The average Bonchev–Trinajstić information content (AvgIpc) is 2.81. The molecule has 1 atom stereocenters. The molecule has 22 heavy (non-hydrogen) atoms. The van der Waals surface area contributed by atoms with E-state index >= 15 is 0 Å². The highest BCUT2D eigenvalue weighted by molar-refractivity contribution is 7.16. The van der Waals surface area contributed by atoms with Gasteiger partial charge >= 0.3 is 12.0 Å². The van der Waals surface area contributed by atoms with E-state index in [1.165, 1.54) is 18.4 Å². The van der Waals surface area contributed by atoms with Crippen LogP contribution in [0.15, 0.2) is 6.07 Å². The van der Waals surface area contributed by atoms with Crippen LogP contribution in [-0.4, -0.2) is 25.2 Å². The minimum atomic E-state index is -0.445. The van der Waals surface area contributed by atoms with E-state index in [1.807, 2.05) is 20.8 Å². The van der Waals surface area contributed by atoms with E-state index in [2.05, 4.69) is 31.4 Å². The maximum Gasteiger partial charge on any atom is 0.340 e. The van der Waals surface area contributed by atoms with Gasteiger partial charge in [-0.1, -0.05) is 34.6 Å². The van der Waals surface area contributed by atoms with Crippen LogP contribution in [0.1, 0.15) is 56.8 Å². The largest absolute Gasteiger partial charge is 0.465 e. The second-order valence-corrected chi connectivity index (χ2v) is 7.78. The van der Waals surface area contributed by atoms with E-state index in [1.54, 1.807) is 6.07 Å². The SMILES string of the molecule is COC(=O)c1cc(C(C)(C)C)sc1NC(=O)NC(C)C(C)C. The number of ether oxygens (including phenoxy) is 1. The Balaban J connectivity index is 3.00. The van der Waals surface area contributed by atoms with Crippen LogP contribution in [0, 0.1) is 5.92 Å². The number of esters is 1. The highest BCUT2D eigenvalue weighted by Crippen LogP contribution is 2.36. The third kappa shape index (κ3) is 4.73. The van der Waals surface area contributed by atoms with Crippen molar-refractivity contribution < 1.29 is 14.3 Å². The zero-order valence-corrected chi connectivity index (χ0v) is 15.2. The summed E-state index contributed by atoms with van der Waals surface area (Å²) in [6.45, 7) is 12.2. The lowest BCUT2D eigenvalue weighted by Crippen LogP contribution is -2.39. The number of nitrogens with one attached hydrogen (secondary N) is 2. The molecule has 6 heteroatoms. The van der Waals surface area contributed by atoms with Gasteiger partial charge in [0.15, 0.2) is 0 Å². The van der Waals surface area contributed by atoms with Crippen molar-refractivity contribution in [3.05, 3.63) is 16.5 Å². The average molecular weight is 326 g/mol. The monoisotopic (exact) mass is 326 g/mol. The molecule has 1 rings (SSSR count). The molecule has 0 radical (unpaired) electrons. The lowest BCUT2D eigenvalue weighted by Gasteiger charge is -2.18. The van der Waals surface area contributed by atoms with E-state index in [0.717, 1.165) is 4.88 Å². The van der Waals surface area contributed by atoms with Gasteiger partial charge < -0.3 is 10.1 Å². The molecule has 5 nitrogen and oxygen atoms in total. The van der Waals surface area contributed by atoms with Crippen LogP contribution in [0.4, 0.5) is 9.80 Å². The number of rotatable bonds is 4. The van der Waals surface area contributed by atoms with Gasteiger partial charge in [0.1, 0.15) is 5.00 Å². The van der Waals surface area contributed by atoms with Crippen molar-refractivity contribution in [2.24, 2.45) is 5.92 Å². The fourth-order valence-electron chi connectivity index (χ4n) is 1.63. The summed E-state index contributed by atoms with van der Waals surface area (Å²) in [6, 6.07) is 1.52. The Hall–Kier alpha value is -1.56. The van der Waals surface area contributed by atoms with Crippen molar-refractivity contribution in [3.63, 3.8) is 0 Å². The molecule has 0 aromatic carbocycles. The Morgan fingerprint density at radius 1 is 1.23 bits per heavy atom. The first-order valence-electron chi connectivity index (χ1n) is 7.36. The zero-order chi connectivity index (χ0) is 17.1. The van der Waals surface area contributed by atoms with Gasteiger partial charge in [-0.3, -0.25) is 5.32 Å².